The molecule has 0 aromatic carbocycles. The first-order valence-electron chi connectivity index (χ1n) is 6.61. The molecule has 0 saturated carbocycles. The number of hydrogen-bond acceptors (Lipinski definition) is 4. The van der Waals surface area contributed by atoms with E-state index in [0.29, 0.717) is 26.3 Å². The fourth-order valence-corrected chi connectivity index (χ4v) is 2.22. The fourth-order valence-electron chi connectivity index (χ4n) is 2.22. The van der Waals surface area contributed by atoms with Crippen molar-refractivity contribution in [2.75, 3.05) is 36.5 Å². The predicted molar refractivity (Wildman–Crippen MR) is 70.6 cm³/mol. The third-order valence-electron chi connectivity index (χ3n) is 3.23. The van der Waals surface area contributed by atoms with Gasteiger partial charge in [0.05, 0.1) is 19.3 Å². The quantitative estimate of drug-likeness (QED) is 0.912. The first-order chi connectivity index (χ1) is 9.17. The van der Waals surface area contributed by atoms with E-state index in [9.17, 15) is 8.78 Å². The molecule has 1 aromatic heterocycles. The van der Waals surface area contributed by atoms with Crippen LogP contribution in [0.5, 0.6) is 0 Å². The minimum atomic E-state index is -0.663. The number of halogens is 2. The van der Waals surface area contributed by atoms with Crippen molar-refractivity contribution >= 4 is 11.6 Å². The molecule has 1 aromatic rings. The van der Waals surface area contributed by atoms with Gasteiger partial charge in [-0.1, -0.05) is 6.92 Å². The molecule has 1 aliphatic heterocycles. The number of ether oxygens (including phenoxy) is 1. The zero-order chi connectivity index (χ0) is 13.8. The van der Waals surface area contributed by atoms with Crippen molar-refractivity contribution in [3.05, 3.63) is 17.7 Å². The molecule has 0 amide bonds. The minimum Gasteiger partial charge on any atom is -0.377 e. The number of aromatic nitrogens is 1. The van der Waals surface area contributed by atoms with Crippen LogP contribution in [0.25, 0.3) is 0 Å². The van der Waals surface area contributed by atoms with Crippen LogP contribution in [0.15, 0.2) is 6.07 Å². The molecule has 1 N–H and O–H groups in total. The Hall–Kier alpha value is -1.43. The van der Waals surface area contributed by atoms with Gasteiger partial charge < -0.3 is 15.0 Å². The molecular weight excluding hydrogens is 252 g/mol. The van der Waals surface area contributed by atoms with Crippen molar-refractivity contribution in [1.82, 2.24) is 4.98 Å². The van der Waals surface area contributed by atoms with Gasteiger partial charge in [-0.15, -0.1) is 0 Å². The Balaban J connectivity index is 2.34. The molecule has 2 heterocycles. The van der Waals surface area contributed by atoms with Gasteiger partial charge in [-0.3, -0.25) is 0 Å². The maximum Gasteiger partial charge on any atom is 0.168 e. The van der Waals surface area contributed by atoms with Crippen LogP contribution >= 0.6 is 0 Å². The van der Waals surface area contributed by atoms with Crippen LogP contribution in [-0.2, 0) is 4.74 Å². The van der Waals surface area contributed by atoms with Gasteiger partial charge in [0.2, 0.25) is 0 Å². The van der Waals surface area contributed by atoms with Crippen molar-refractivity contribution in [2.45, 2.75) is 26.3 Å². The molecule has 1 atom stereocenters. The van der Waals surface area contributed by atoms with E-state index in [1.807, 2.05) is 18.7 Å². The highest BCUT2D eigenvalue weighted by Crippen LogP contribution is 2.26. The van der Waals surface area contributed by atoms with Crippen molar-refractivity contribution in [3.63, 3.8) is 0 Å². The molecule has 0 bridgehead atoms. The molecule has 0 spiro atoms. The molecular formula is C13H19F2N3O. The maximum atomic E-state index is 14.0. The van der Waals surface area contributed by atoms with Crippen LogP contribution in [-0.4, -0.2) is 37.3 Å². The highest BCUT2D eigenvalue weighted by Gasteiger charge is 2.26. The number of nitrogens with one attached hydrogen (secondary N) is 1. The third kappa shape index (κ3) is 2.94. The van der Waals surface area contributed by atoms with E-state index in [4.69, 9.17) is 4.74 Å². The highest BCUT2D eigenvalue weighted by atomic mass is 19.1. The highest BCUT2D eigenvalue weighted by molar-refractivity contribution is 5.50. The first kappa shape index (κ1) is 14.0. The van der Waals surface area contributed by atoms with Gasteiger partial charge in [-0.05, 0) is 13.3 Å². The fraction of sp³-hybridized carbons (Fsp3) is 0.615. The number of morpholine rings is 1. The normalized spacial score (nSPS) is 19.6. The largest absolute Gasteiger partial charge is 0.377 e. The second kappa shape index (κ2) is 6.14. The van der Waals surface area contributed by atoms with Crippen molar-refractivity contribution < 1.29 is 13.5 Å². The molecule has 1 saturated heterocycles. The molecule has 1 fully saturated rings. The monoisotopic (exact) mass is 271 g/mol. The zero-order valence-corrected chi connectivity index (χ0v) is 11.2. The van der Waals surface area contributed by atoms with E-state index < -0.39 is 11.6 Å². The summed E-state index contributed by atoms with van der Waals surface area (Å²) in [6.45, 7) is 6.04. The molecule has 1 unspecified atom stereocenters. The number of rotatable bonds is 4. The van der Waals surface area contributed by atoms with Gasteiger partial charge in [0.25, 0.3) is 0 Å². The topological polar surface area (TPSA) is 37.4 Å². The van der Waals surface area contributed by atoms with E-state index in [-0.39, 0.29) is 17.7 Å². The summed E-state index contributed by atoms with van der Waals surface area (Å²) < 4.78 is 32.9. The van der Waals surface area contributed by atoms with Gasteiger partial charge in [-0.2, -0.15) is 0 Å². The number of nitrogens with zero attached hydrogens (tertiary/aromatic N) is 2. The van der Waals surface area contributed by atoms with Crippen molar-refractivity contribution in [3.8, 4) is 0 Å². The van der Waals surface area contributed by atoms with Crippen LogP contribution in [0.4, 0.5) is 20.4 Å². The maximum absolute atomic E-state index is 14.0. The lowest BCUT2D eigenvalue weighted by Crippen LogP contribution is -2.46. The summed E-state index contributed by atoms with van der Waals surface area (Å²) in [5, 5.41) is 2.80. The van der Waals surface area contributed by atoms with Gasteiger partial charge in [0.15, 0.2) is 23.3 Å². The summed E-state index contributed by atoms with van der Waals surface area (Å²) in [5.41, 5.74) is 0. The molecule has 0 radical (unpaired) electrons. The molecule has 6 heteroatoms. The van der Waals surface area contributed by atoms with Gasteiger partial charge >= 0.3 is 0 Å². The summed E-state index contributed by atoms with van der Waals surface area (Å²) in [4.78, 5) is 5.95. The Morgan fingerprint density at radius 2 is 2.21 bits per heavy atom. The summed E-state index contributed by atoms with van der Waals surface area (Å²) in [5.74, 6) is -0.989. The van der Waals surface area contributed by atoms with Crippen LogP contribution in [0.2, 0.25) is 0 Å². The number of pyridine rings is 1. The summed E-state index contributed by atoms with van der Waals surface area (Å²) in [6, 6.07) is 0.971. The van der Waals surface area contributed by atoms with Crippen LogP contribution in [0.1, 0.15) is 20.3 Å². The average Bonchev–Trinajstić information content (AvgIpc) is 2.42. The van der Waals surface area contributed by atoms with E-state index in [0.717, 1.165) is 12.5 Å². The first-order valence-corrected chi connectivity index (χ1v) is 6.61. The second-order valence-electron chi connectivity index (χ2n) is 4.48. The molecule has 0 aliphatic carbocycles. The second-order valence-corrected chi connectivity index (χ2v) is 4.48. The predicted octanol–water partition coefficient (Wildman–Crippen LogP) is 2.41. The summed E-state index contributed by atoms with van der Waals surface area (Å²) in [7, 11) is 0. The summed E-state index contributed by atoms with van der Waals surface area (Å²) in [6.07, 6.45) is 0.828. The van der Waals surface area contributed by atoms with E-state index >= 15 is 0 Å². The molecule has 4 nitrogen and oxygen atoms in total. The molecule has 106 valence electrons. The van der Waals surface area contributed by atoms with E-state index in [2.05, 4.69) is 10.3 Å². The SMILES string of the molecule is CCNc1nc(N2CCOCC2CC)c(F)cc1F. The van der Waals surface area contributed by atoms with Gasteiger partial charge in [0, 0.05) is 19.2 Å². The lowest BCUT2D eigenvalue weighted by molar-refractivity contribution is 0.0921. The van der Waals surface area contributed by atoms with Gasteiger partial charge in [-0.25, -0.2) is 13.8 Å². The Bertz CT molecular complexity index is 442. The number of hydrogen-bond donors (Lipinski definition) is 1. The Labute approximate surface area is 111 Å². The standard InChI is InChI=1S/C13H19F2N3O/c1-3-9-8-19-6-5-18(9)13-11(15)7-10(14)12(17-13)16-4-2/h7,9H,3-6,8H2,1-2H3,(H,16,17). The minimum absolute atomic E-state index is 0.0793. The van der Waals surface area contributed by atoms with E-state index in [1.165, 1.54) is 0 Å². The van der Waals surface area contributed by atoms with Gasteiger partial charge in [0.1, 0.15) is 0 Å². The van der Waals surface area contributed by atoms with Crippen molar-refractivity contribution in [2.24, 2.45) is 0 Å². The Morgan fingerprint density at radius 1 is 1.42 bits per heavy atom. The van der Waals surface area contributed by atoms with E-state index in [1.54, 1.807) is 0 Å². The third-order valence-corrected chi connectivity index (χ3v) is 3.23. The lowest BCUT2D eigenvalue weighted by Gasteiger charge is -2.36. The molecule has 2 rings (SSSR count). The molecule has 1 aliphatic rings. The van der Waals surface area contributed by atoms with Crippen LogP contribution in [0.3, 0.4) is 0 Å². The molecule has 19 heavy (non-hydrogen) atoms. The Morgan fingerprint density at radius 3 is 2.89 bits per heavy atom. The summed E-state index contributed by atoms with van der Waals surface area (Å²) >= 11 is 0. The smallest absolute Gasteiger partial charge is 0.168 e. The lowest BCUT2D eigenvalue weighted by atomic mass is 10.1. The van der Waals surface area contributed by atoms with Crippen molar-refractivity contribution in [1.29, 1.82) is 0 Å². The average molecular weight is 271 g/mol. The zero-order valence-electron chi connectivity index (χ0n) is 11.2. The van der Waals surface area contributed by atoms with Crippen LogP contribution < -0.4 is 10.2 Å². The van der Waals surface area contributed by atoms with Crippen LogP contribution in [0, 0.1) is 11.6 Å². The Kier molecular flexibility index (Phi) is 4.52. The number of anilines is 2.